The molecule has 8 aromatic carbocycles. The van der Waals surface area contributed by atoms with Crippen molar-refractivity contribution >= 4 is 32.3 Å². The zero-order valence-corrected chi connectivity index (χ0v) is 27.4. The molecule has 0 saturated carbocycles. The van der Waals surface area contributed by atoms with Crippen molar-refractivity contribution in [2.45, 2.75) is 33.1 Å². The minimum atomic E-state index is -0.0684. The Hall–Kier alpha value is -5.46. The smallest absolute Gasteiger partial charge is 0.0159 e. The Balaban J connectivity index is 1.40. The van der Waals surface area contributed by atoms with Crippen LogP contribution in [0.4, 0.5) is 0 Å². The highest BCUT2D eigenvalue weighted by molar-refractivity contribution is 6.22. The molecule has 0 aliphatic heterocycles. The van der Waals surface area contributed by atoms with Crippen LogP contribution in [0.15, 0.2) is 146 Å². The molecular weight excluding hydrogens is 565 g/mol. The minimum absolute atomic E-state index is 0.0684. The van der Waals surface area contributed by atoms with Crippen LogP contribution in [0.3, 0.4) is 0 Å². The van der Waals surface area contributed by atoms with Gasteiger partial charge in [-0.3, -0.25) is 0 Å². The van der Waals surface area contributed by atoms with Crippen LogP contribution in [-0.2, 0) is 5.41 Å². The van der Waals surface area contributed by atoms with Crippen molar-refractivity contribution in [3.63, 3.8) is 0 Å². The molecule has 0 saturated heterocycles. The van der Waals surface area contributed by atoms with E-state index in [0.29, 0.717) is 0 Å². The number of benzene rings is 8. The maximum atomic E-state index is 2.48. The third-order valence-corrected chi connectivity index (χ3v) is 10.8. The number of hydrogen-bond donors (Lipinski definition) is 0. The van der Waals surface area contributed by atoms with Gasteiger partial charge in [0.2, 0.25) is 0 Å². The van der Waals surface area contributed by atoms with Crippen LogP contribution in [0.1, 0.15) is 36.1 Å². The van der Waals surface area contributed by atoms with Crippen LogP contribution in [0, 0.1) is 13.8 Å². The summed E-state index contributed by atoms with van der Waals surface area (Å²) in [7, 11) is 0. The van der Waals surface area contributed by atoms with Crippen LogP contribution in [-0.4, -0.2) is 0 Å². The van der Waals surface area contributed by atoms with Gasteiger partial charge in [0.05, 0.1) is 0 Å². The Labute approximate surface area is 277 Å². The van der Waals surface area contributed by atoms with E-state index in [1.807, 2.05) is 0 Å². The first-order valence-corrected chi connectivity index (χ1v) is 16.7. The molecule has 0 amide bonds. The van der Waals surface area contributed by atoms with Crippen molar-refractivity contribution in [2.24, 2.45) is 0 Å². The molecule has 0 heterocycles. The molecule has 9 rings (SSSR count). The molecule has 47 heavy (non-hydrogen) atoms. The summed E-state index contributed by atoms with van der Waals surface area (Å²) in [6, 6.07) is 54.6. The quantitative estimate of drug-likeness (QED) is 0.177. The van der Waals surface area contributed by atoms with Gasteiger partial charge in [0, 0.05) is 5.41 Å². The molecule has 0 spiro atoms. The topological polar surface area (TPSA) is 0 Å². The molecule has 0 unspecified atom stereocenters. The zero-order chi connectivity index (χ0) is 31.9. The van der Waals surface area contributed by atoms with Gasteiger partial charge in [-0.05, 0) is 125 Å². The van der Waals surface area contributed by atoms with E-state index in [0.717, 1.165) is 0 Å². The highest BCUT2D eigenvalue weighted by Gasteiger charge is 2.35. The van der Waals surface area contributed by atoms with Gasteiger partial charge < -0.3 is 0 Å². The van der Waals surface area contributed by atoms with E-state index in [1.54, 1.807) is 0 Å². The van der Waals surface area contributed by atoms with Gasteiger partial charge in [0.25, 0.3) is 0 Å². The molecule has 8 aromatic rings. The molecule has 0 aromatic heterocycles. The van der Waals surface area contributed by atoms with Crippen LogP contribution < -0.4 is 0 Å². The Bertz CT molecular complexity index is 2560. The summed E-state index contributed by atoms with van der Waals surface area (Å²) in [5.41, 5.74) is 15.7. The monoisotopic (exact) mass is 600 g/mol. The Morgan fingerprint density at radius 1 is 0.362 bits per heavy atom. The highest BCUT2D eigenvalue weighted by atomic mass is 14.4. The van der Waals surface area contributed by atoms with Gasteiger partial charge in [-0.25, -0.2) is 0 Å². The Kier molecular flexibility index (Phi) is 6.08. The third kappa shape index (κ3) is 4.14. The van der Waals surface area contributed by atoms with E-state index >= 15 is 0 Å². The number of aryl methyl sites for hydroxylation is 2. The lowest BCUT2D eigenvalue weighted by Gasteiger charge is -2.23. The van der Waals surface area contributed by atoms with Crippen molar-refractivity contribution in [3.8, 4) is 44.5 Å². The SMILES string of the molecule is Cc1ccc(-c2c3ccccc3c(-c3ccc4c(c3)C(C)(C)c3ccccc3-4)c3cc(-c4cccc5ccccc45)ccc23)cc1C. The largest absolute Gasteiger partial charge is 0.0619 e. The summed E-state index contributed by atoms with van der Waals surface area (Å²) in [5, 5.41) is 7.70. The average Bonchev–Trinajstić information content (AvgIpc) is 3.33. The van der Waals surface area contributed by atoms with Gasteiger partial charge in [-0.2, -0.15) is 0 Å². The maximum absolute atomic E-state index is 2.48. The van der Waals surface area contributed by atoms with E-state index in [9.17, 15) is 0 Å². The molecule has 1 aliphatic rings. The molecule has 0 fully saturated rings. The molecule has 0 N–H and O–H groups in total. The molecule has 1 aliphatic carbocycles. The lowest BCUT2D eigenvalue weighted by atomic mass is 9.80. The molecule has 0 nitrogen and oxygen atoms in total. The fourth-order valence-corrected chi connectivity index (χ4v) is 8.20. The number of rotatable bonds is 3. The number of hydrogen-bond acceptors (Lipinski definition) is 0. The maximum Gasteiger partial charge on any atom is 0.0159 e. The van der Waals surface area contributed by atoms with Crippen molar-refractivity contribution < 1.29 is 0 Å². The first-order chi connectivity index (χ1) is 22.9. The molecule has 0 radical (unpaired) electrons. The van der Waals surface area contributed by atoms with E-state index in [4.69, 9.17) is 0 Å². The van der Waals surface area contributed by atoms with Crippen molar-refractivity contribution in [3.05, 3.63) is 168 Å². The second-order valence-electron chi connectivity index (χ2n) is 13.8. The second kappa shape index (κ2) is 10.3. The molecule has 224 valence electrons. The van der Waals surface area contributed by atoms with Crippen molar-refractivity contribution in [1.29, 1.82) is 0 Å². The van der Waals surface area contributed by atoms with Crippen LogP contribution >= 0.6 is 0 Å². The normalized spacial score (nSPS) is 13.3. The summed E-state index contributed by atoms with van der Waals surface area (Å²) >= 11 is 0. The van der Waals surface area contributed by atoms with Gasteiger partial charge in [-0.1, -0.05) is 147 Å². The molecule has 0 atom stereocenters. The van der Waals surface area contributed by atoms with Gasteiger partial charge in [-0.15, -0.1) is 0 Å². The lowest BCUT2D eigenvalue weighted by molar-refractivity contribution is 0.660. The summed E-state index contributed by atoms with van der Waals surface area (Å²) in [6.07, 6.45) is 0. The summed E-state index contributed by atoms with van der Waals surface area (Å²) in [5.74, 6) is 0. The predicted molar refractivity (Wildman–Crippen MR) is 202 cm³/mol. The Morgan fingerprint density at radius 2 is 0.936 bits per heavy atom. The van der Waals surface area contributed by atoms with Gasteiger partial charge >= 0.3 is 0 Å². The Morgan fingerprint density at radius 3 is 1.74 bits per heavy atom. The van der Waals surface area contributed by atoms with Crippen molar-refractivity contribution in [1.82, 2.24) is 0 Å². The van der Waals surface area contributed by atoms with E-state index in [-0.39, 0.29) is 5.41 Å². The average molecular weight is 601 g/mol. The molecule has 0 heteroatoms. The summed E-state index contributed by atoms with van der Waals surface area (Å²) < 4.78 is 0. The first-order valence-electron chi connectivity index (χ1n) is 16.7. The molecule has 0 bridgehead atoms. The fourth-order valence-electron chi connectivity index (χ4n) is 8.20. The standard InChI is InChI=1S/C47H36/c1-29-20-21-33(26-30(29)2)45-39-16-7-8-17-40(39)46(34-23-24-38-37-15-9-10-19-43(37)47(3,4)44(38)28-34)42-27-32(22-25-41(42)45)36-18-11-13-31-12-5-6-14-35(31)36/h5-28H,1-4H3. The molecular formula is C47H36. The van der Waals surface area contributed by atoms with Crippen molar-refractivity contribution in [2.75, 3.05) is 0 Å². The summed E-state index contributed by atoms with van der Waals surface area (Å²) in [6.45, 7) is 9.17. The third-order valence-electron chi connectivity index (χ3n) is 10.8. The van der Waals surface area contributed by atoms with Gasteiger partial charge in [0.15, 0.2) is 0 Å². The minimum Gasteiger partial charge on any atom is -0.0619 e. The van der Waals surface area contributed by atoms with E-state index in [2.05, 4.69) is 173 Å². The van der Waals surface area contributed by atoms with E-state index in [1.165, 1.54) is 99.1 Å². The van der Waals surface area contributed by atoms with Crippen LogP contribution in [0.25, 0.3) is 76.8 Å². The van der Waals surface area contributed by atoms with Crippen LogP contribution in [0.2, 0.25) is 0 Å². The highest BCUT2D eigenvalue weighted by Crippen LogP contribution is 2.51. The predicted octanol–water partition coefficient (Wildman–Crippen LogP) is 13.1. The van der Waals surface area contributed by atoms with E-state index < -0.39 is 0 Å². The first kappa shape index (κ1) is 27.8. The van der Waals surface area contributed by atoms with Crippen LogP contribution in [0.5, 0.6) is 0 Å². The lowest BCUT2D eigenvalue weighted by Crippen LogP contribution is -2.14. The second-order valence-corrected chi connectivity index (χ2v) is 13.8. The zero-order valence-electron chi connectivity index (χ0n) is 27.4. The van der Waals surface area contributed by atoms with Gasteiger partial charge in [0.1, 0.15) is 0 Å². The summed E-state index contributed by atoms with van der Waals surface area (Å²) in [4.78, 5) is 0. The number of fused-ring (bicyclic) bond motifs is 6. The fraction of sp³-hybridized carbons (Fsp3) is 0.106.